The molecule has 0 bridgehead atoms. The molecule has 2 aromatic heterocycles. The van der Waals surface area contributed by atoms with Gasteiger partial charge in [-0.25, -0.2) is 4.79 Å². The molecule has 2 N–H and O–H groups in total. The molecule has 1 atom stereocenters. The smallest absolute Gasteiger partial charge is 0.328 e. The van der Waals surface area contributed by atoms with Gasteiger partial charge in [0.2, 0.25) is 11.9 Å². The molecule has 3 heterocycles. The number of aromatic nitrogens is 4. The average molecular weight is 401 g/mol. The first-order valence-corrected chi connectivity index (χ1v) is 9.73. The van der Waals surface area contributed by atoms with E-state index in [1.54, 1.807) is 27.8 Å². The Morgan fingerprint density at radius 1 is 1.34 bits per heavy atom. The van der Waals surface area contributed by atoms with E-state index in [4.69, 9.17) is 4.74 Å². The van der Waals surface area contributed by atoms with Crippen LogP contribution >= 0.6 is 0 Å². The minimum Gasteiger partial charge on any atom is -0.464 e. The van der Waals surface area contributed by atoms with E-state index in [0.29, 0.717) is 23.7 Å². The van der Waals surface area contributed by atoms with Crippen LogP contribution in [0.1, 0.15) is 20.8 Å². The zero-order chi connectivity index (χ0) is 21.0. The molecule has 1 fully saturated rings. The fourth-order valence-corrected chi connectivity index (χ4v) is 3.21. The highest BCUT2D eigenvalue weighted by atomic mass is 16.5. The standard InChI is InChI=1S/C19H27N7O3/c1-5-7-10-26-14-15(23-19(26)25-11-8-20-9-12-25)22-18(24(4)16(14)27)21-13(3)17(28)29-6-2/h13,20H,6,8-12H2,1-4H3,(H,21,22)/t13-/m0/s1. The van der Waals surface area contributed by atoms with Gasteiger partial charge in [0.15, 0.2) is 11.2 Å². The topological polar surface area (TPSA) is 106 Å². The number of nitrogens with one attached hydrogen (secondary N) is 2. The third kappa shape index (κ3) is 4.19. The van der Waals surface area contributed by atoms with E-state index in [1.165, 1.54) is 4.57 Å². The molecule has 3 rings (SSSR count). The van der Waals surface area contributed by atoms with Gasteiger partial charge in [-0.2, -0.15) is 9.97 Å². The Morgan fingerprint density at radius 3 is 2.72 bits per heavy atom. The van der Waals surface area contributed by atoms with Crippen LogP contribution in [0.5, 0.6) is 0 Å². The number of fused-ring (bicyclic) bond motifs is 1. The van der Waals surface area contributed by atoms with Crippen molar-refractivity contribution < 1.29 is 9.53 Å². The summed E-state index contributed by atoms with van der Waals surface area (Å²) in [6, 6.07) is -0.647. The van der Waals surface area contributed by atoms with Crippen molar-refractivity contribution in [3.8, 4) is 11.8 Å². The first-order chi connectivity index (χ1) is 14.0. The molecule has 29 heavy (non-hydrogen) atoms. The molecule has 0 amide bonds. The average Bonchev–Trinajstić information content (AvgIpc) is 3.09. The second kappa shape index (κ2) is 8.96. The van der Waals surface area contributed by atoms with Crippen molar-refractivity contribution in [2.45, 2.75) is 33.4 Å². The Kier molecular flexibility index (Phi) is 6.39. The summed E-state index contributed by atoms with van der Waals surface area (Å²) in [5.41, 5.74) is 0.483. The Bertz CT molecular complexity index is 1010. The molecule has 10 nitrogen and oxygen atoms in total. The number of esters is 1. The van der Waals surface area contributed by atoms with Gasteiger partial charge in [-0.3, -0.25) is 13.9 Å². The van der Waals surface area contributed by atoms with Crippen LogP contribution in [0.4, 0.5) is 11.9 Å². The summed E-state index contributed by atoms with van der Waals surface area (Å²) in [4.78, 5) is 36.4. The normalized spacial score (nSPS) is 15.0. The van der Waals surface area contributed by atoms with Gasteiger partial charge in [-0.1, -0.05) is 5.92 Å². The van der Waals surface area contributed by atoms with E-state index >= 15 is 0 Å². The molecule has 1 aliphatic heterocycles. The minimum atomic E-state index is -0.647. The highest BCUT2D eigenvalue weighted by molar-refractivity contribution is 5.79. The maximum absolute atomic E-state index is 13.1. The largest absolute Gasteiger partial charge is 0.464 e. The van der Waals surface area contributed by atoms with E-state index in [0.717, 1.165) is 26.2 Å². The van der Waals surface area contributed by atoms with Gasteiger partial charge in [-0.15, -0.1) is 5.92 Å². The number of hydrogen-bond acceptors (Lipinski definition) is 8. The predicted octanol–water partition coefficient (Wildman–Crippen LogP) is -0.0736. The van der Waals surface area contributed by atoms with Crippen LogP contribution in [0.2, 0.25) is 0 Å². The summed E-state index contributed by atoms with van der Waals surface area (Å²) in [7, 11) is 1.61. The highest BCUT2D eigenvalue weighted by Crippen LogP contribution is 2.21. The van der Waals surface area contributed by atoms with Crippen LogP contribution in [-0.4, -0.2) is 63.9 Å². The Morgan fingerprint density at radius 2 is 2.07 bits per heavy atom. The summed E-state index contributed by atoms with van der Waals surface area (Å²) in [6.45, 7) is 9.07. The Balaban J connectivity index is 2.07. The second-order valence-electron chi connectivity index (χ2n) is 6.75. The maximum atomic E-state index is 13.1. The molecule has 0 saturated carbocycles. The van der Waals surface area contributed by atoms with Crippen LogP contribution in [-0.2, 0) is 23.1 Å². The third-order valence-corrected chi connectivity index (χ3v) is 4.77. The van der Waals surface area contributed by atoms with E-state index in [1.807, 2.05) is 4.57 Å². The van der Waals surface area contributed by atoms with E-state index < -0.39 is 12.0 Å². The number of hydrogen-bond donors (Lipinski definition) is 2. The van der Waals surface area contributed by atoms with E-state index in [2.05, 4.69) is 37.3 Å². The van der Waals surface area contributed by atoms with Crippen molar-refractivity contribution >= 4 is 29.0 Å². The summed E-state index contributed by atoms with van der Waals surface area (Å²) in [6.07, 6.45) is 0. The number of anilines is 2. The molecule has 0 unspecified atom stereocenters. The minimum absolute atomic E-state index is 0.250. The Labute approximate surface area is 169 Å². The number of nitrogens with zero attached hydrogens (tertiary/aromatic N) is 5. The SMILES string of the molecule is CC#CCn1c(N2CCNCC2)nc2nc(N[C@@H](C)C(=O)OCC)n(C)c(=O)c21. The van der Waals surface area contributed by atoms with Crippen LogP contribution in [0.25, 0.3) is 11.2 Å². The van der Waals surface area contributed by atoms with Gasteiger partial charge >= 0.3 is 5.97 Å². The van der Waals surface area contributed by atoms with Gasteiger partial charge in [0, 0.05) is 33.2 Å². The number of carbonyl (C=O) groups excluding carboxylic acids is 1. The summed E-state index contributed by atoms with van der Waals surface area (Å²) in [5.74, 6) is 6.44. The van der Waals surface area contributed by atoms with Crippen molar-refractivity contribution in [3.63, 3.8) is 0 Å². The zero-order valence-corrected chi connectivity index (χ0v) is 17.3. The lowest BCUT2D eigenvalue weighted by molar-refractivity contribution is -0.143. The lowest BCUT2D eigenvalue weighted by Crippen LogP contribution is -2.44. The van der Waals surface area contributed by atoms with Gasteiger partial charge in [-0.05, 0) is 20.8 Å². The molecule has 0 radical (unpaired) electrons. The maximum Gasteiger partial charge on any atom is 0.328 e. The third-order valence-electron chi connectivity index (χ3n) is 4.77. The van der Waals surface area contributed by atoms with Crippen molar-refractivity contribution in [1.29, 1.82) is 0 Å². The van der Waals surface area contributed by atoms with Crippen LogP contribution < -0.4 is 21.1 Å². The number of piperazine rings is 1. The molecule has 0 aliphatic carbocycles. The van der Waals surface area contributed by atoms with Crippen molar-refractivity contribution in [2.24, 2.45) is 7.05 Å². The molecule has 10 heteroatoms. The van der Waals surface area contributed by atoms with E-state index in [9.17, 15) is 9.59 Å². The molecule has 1 aliphatic rings. The van der Waals surface area contributed by atoms with E-state index in [-0.39, 0.29) is 18.1 Å². The molecule has 0 spiro atoms. The summed E-state index contributed by atoms with van der Waals surface area (Å²) >= 11 is 0. The first-order valence-electron chi connectivity index (χ1n) is 9.73. The molecular weight excluding hydrogens is 374 g/mol. The number of ether oxygens (including phenoxy) is 1. The van der Waals surface area contributed by atoms with Crippen molar-refractivity contribution in [2.75, 3.05) is 43.0 Å². The predicted molar refractivity (Wildman–Crippen MR) is 111 cm³/mol. The first kappa shape index (κ1) is 20.7. The molecule has 2 aromatic rings. The summed E-state index contributed by atoms with van der Waals surface area (Å²) < 4.78 is 8.23. The molecule has 0 aromatic carbocycles. The molecule has 1 saturated heterocycles. The van der Waals surface area contributed by atoms with Gasteiger partial charge < -0.3 is 20.3 Å². The second-order valence-corrected chi connectivity index (χ2v) is 6.75. The fourth-order valence-electron chi connectivity index (χ4n) is 3.21. The quantitative estimate of drug-likeness (QED) is 0.512. The lowest BCUT2D eigenvalue weighted by Gasteiger charge is -2.28. The van der Waals surface area contributed by atoms with Crippen LogP contribution in [0.15, 0.2) is 4.79 Å². The van der Waals surface area contributed by atoms with Gasteiger partial charge in [0.25, 0.3) is 5.56 Å². The number of carbonyl (C=O) groups is 1. The Hall–Kier alpha value is -3.06. The molecule has 156 valence electrons. The lowest BCUT2D eigenvalue weighted by atomic mass is 10.3. The highest BCUT2D eigenvalue weighted by Gasteiger charge is 2.24. The van der Waals surface area contributed by atoms with Crippen molar-refractivity contribution in [1.82, 2.24) is 24.4 Å². The van der Waals surface area contributed by atoms with Crippen molar-refractivity contribution in [3.05, 3.63) is 10.4 Å². The summed E-state index contributed by atoms with van der Waals surface area (Å²) in [5, 5.41) is 6.27. The fraction of sp³-hybridized carbons (Fsp3) is 0.579. The number of imidazole rings is 1. The van der Waals surface area contributed by atoms with Crippen LogP contribution in [0, 0.1) is 11.8 Å². The number of rotatable bonds is 6. The zero-order valence-electron chi connectivity index (χ0n) is 17.3. The van der Waals surface area contributed by atoms with Crippen LogP contribution in [0.3, 0.4) is 0 Å². The van der Waals surface area contributed by atoms with Gasteiger partial charge in [0.05, 0.1) is 13.2 Å². The monoisotopic (exact) mass is 401 g/mol. The molecular formula is C19H27N7O3. The van der Waals surface area contributed by atoms with Gasteiger partial charge in [0.1, 0.15) is 6.04 Å².